The molecule has 0 saturated carbocycles. The van der Waals surface area contributed by atoms with Crippen LogP contribution in [0.4, 0.5) is 23.7 Å². The molecule has 0 unspecified atom stereocenters. The molecule has 1 aromatic rings. The Kier molecular flexibility index (Phi) is 6.67. The summed E-state index contributed by atoms with van der Waals surface area (Å²) in [5.74, 6) is -1.35. The number of carbonyl (C=O) groups is 2. The van der Waals surface area contributed by atoms with E-state index in [9.17, 15) is 27.9 Å². The van der Waals surface area contributed by atoms with Crippen molar-refractivity contribution < 1.29 is 32.3 Å². The van der Waals surface area contributed by atoms with Crippen LogP contribution in [0.2, 0.25) is 5.02 Å². The van der Waals surface area contributed by atoms with Crippen molar-refractivity contribution in [3.8, 4) is 0 Å². The molecule has 0 saturated heterocycles. The molecular formula is C15H19ClF3N3O3. The van der Waals surface area contributed by atoms with Crippen molar-refractivity contribution in [3.05, 3.63) is 28.8 Å². The molecule has 0 aliphatic carbocycles. The van der Waals surface area contributed by atoms with Crippen LogP contribution in [0.1, 0.15) is 12.0 Å². The molecule has 25 heavy (non-hydrogen) atoms. The van der Waals surface area contributed by atoms with Crippen LogP contribution in [0.15, 0.2) is 18.2 Å². The molecule has 2 N–H and O–H groups in total. The Morgan fingerprint density at radius 2 is 1.88 bits per heavy atom. The quantitative estimate of drug-likeness (QED) is 0.736. The van der Waals surface area contributed by atoms with Gasteiger partial charge in [0.15, 0.2) is 0 Å². The van der Waals surface area contributed by atoms with Crippen molar-refractivity contribution in [1.82, 2.24) is 5.32 Å². The highest BCUT2D eigenvalue weighted by molar-refractivity contribution is 6.33. The Morgan fingerprint density at radius 1 is 1.28 bits per heavy atom. The predicted octanol–water partition coefficient (Wildman–Crippen LogP) is 1.70. The van der Waals surface area contributed by atoms with E-state index in [-0.39, 0.29) is 17.3 Å². The Balaban J connectivity index is 2.88. The van der Waals surface area contributed by atoms with Crippen LogP contribution in [-0.2, 0) is 11.0 Å². The van der Waals surface area contributed by atoms with Gasteiger partial charge in [0.25, 0.3) is 0 Å². The van der Waals surface area contributed by atoms with Crippen LogP contribution in [-0.4, -0.2) is 50.2 Å². The lowest BCUT2D eigenvalue weighted by molar-refractivity contribution is -0.871. The fourth-order valence-corrected chi connectivity index (χ4v) is 2.33. The number of nitrogens with zero attached hydrogens (tertiary/aromatic N) is 1. The molecule has 0 spiro atoms. The number of likely N-dealkylation sites (N-methyl/N-ethyl adjacent to an activating group) is 1. The maximum Gasteiger partial charge on any atom is 0.416 e. The summed E-state index contributed by atoms with van der Waals surface area (Å²) in [7, 11) is 5.39. The summed E-state index contributed by atoms with van der Waals surface area (Å²) in [5, 5.41) is 15.4. The standard InChI is InChI=1S/C15H19ClF3N3O3/c1-22(2,3)8-10(7-13(23)24)20-14(25)21-12-6-9(15(17,18)19)4-5-11(12)16/h4-6,10H,7-8H2,1-3H3,(H2-,20,21,23,24,25)/t10-/m1/s1. The number of nitrogens with one attached hydrogen (secondary N) is 2. The third kappa shape index (κ3) is 7.61. The molecule has 2 amide bonds. The fraction of sp³-hybridized carbons (Fsp3) is 0.467. The summed E-state index contributed by atoms with van der Waals surface area (Å²) in [4.78, 5) is 22.8. The van der Waals surface area contributed by atoms with Crippen molar-refractivity contribution in [2.45, 2.75) is 18.6 Å². The van der Waals surface area contributed by atoms with Gasteiger partial charge < -0.3 is 25.0 Å². The van der Waals surface area contributed by atoms with Gasteiger partial charge in [0.1, 0.15) is 0 Å². The number of hydrogen-bond acceptors (Lipinski definition) is 3. The van der Waals surface area contributed by atoms with E-state index in [1.807, 2.05) is 0 Å². The summed E-state index contributed by atoms with van der Waals surface area (Å²) >= 11 is 5.80. The minimum absolute atomic E-state index is 0.0776. The number of rotatable bonds is 6. The first-order chi connectivity index (χ1) is 11.3. The van der Waals surface area contributed by atoms with Crippen LogP contribution >= 0.6 is 11.6 Å². The molecule has 0 fully saturated rings. The molecule has 140 valence electrons. The Labute approximate surface area is 148 Å². The van der Waals surface area contributed by atoms with Crippen LogP contribution < -0.4 is 15.7 Å². The highest BCUT2D eigenvalue weighted by Gasteiger charge is 2.31. The first-order valence-corrected chi connectivity index (χ1v) is 7.60. The smallest absolute Gasteiger partial charge is 0.416 e. The zero-order chi connectivity index (χ0) is 19.4. The lowest BCUT2D eigenvalue weighted by Gasteiger charge is -2.30. The molecule has 1 atom stereocenters. The average molecular weight is 382 g/mol. The Hall–Kier alpha value is -2.00. The second-order valence-corrected chi connectivity index (χ2v) is 6.94. The molecular weight excluding hydrogens is 363 g/mol. The zero-order valence-corrected chi connectivity index (χ0v) is 14.7. The van der Waals surface area contributed by atoms with Gasteiger partial charge in [-0.1, -0.05) is 11.6 Å². The van der Waals surface area contributed by atoms with Crippen molar-refractivity contribution in [1.29, 1.82) is 0 Å². The summed E-state index contributed by atoms with van der Waals surface area (Å²) < 4.78 is 38.6. The van der Waals surface area contributed by atoms with E-state index < -0.39 is 36.2 Å². The number of aliphatic carboxylic acids is 1. The SMILES string of the molecule is C[N+](C)(C)C[C@@H](CC(=O)[O-])NC(=O)Nc1cc(C(F)(F)F)ccc1Cl. The first-order valence-electron chi connectivity index (χ1n) is 7.22. The summed E-state index contributed by atoms with van der Waals surface area (Å²) in [6.07, 6.45) is -5.02. The number of carbonyl (C=O) groups excluding carboxylic acids is 2. The second kappa shape index (κ2) is 7.92. The maximum atomic E-state index is 12.7. The van der Waals surface area contributed by atoms with Crippen molar-refractivity contribution in [2.75, 3.05) is 33.0 Å². The van der Waals surface area contributed by atoms with Crippen LogP contribution in [0.25, 0.3) is 0 Å². The van der Waals surface area contributed by atoms with E-state index in [1.54, 1.807) is 21.1 Å². The van der Waals surface area contributed by atoms with Crippen molar-refractivity contribution in [3.63, 3.8) is 0 Å². The van der Waals surface area contributed by atoms with Gasteiger partial charge >= 0.3 is 12.2 Å². The zero-order valence-electron chi connectivity index (χ0n) is 13.9. The molecule has 0 aliphatic rings. The minimum atomic E-state index is -4.58. The van der Waals surface area contributed by atoms with E-state index in [0.29, 0.717) is 10.5 Å². The van der Waals surface area contributed by atoms with Crippen molar-refractivity contribution >= 4 is 29.3 Å². The van der Waals surface area contributed by atoms with E-state index in [1.165, 1.54) is 0 Å². The molecule has 6 nitrogen and oxygen atoms in total. The lowest BCUT2D eigenvalue weighted by Crippen LogP contribution is -2.51. The molecule has 1 aromatic carbocycles. The van der Waals surface area contributed by atoms with Gasteiger partial charge in [-0.25, -0.2) is 4.79 Å². The third-order valence-corrected chi connectivity index (χ3v) is 3.39. The van der Waals surface area contributed by atoms with E-state index >= 15 is 0 Å². The highest BCUT2D eigenvalue weighted by atomic mass is 35.5. The van der Waals surface area contributed by atoms with Crippen LogP contribution in [0.3, 0.4) is 0 Å². The van der Waals surface area contributed by atoms with Gasteiger partial charge in [-0.15, -0.1) is 0 Å². The lowest BCUT2D eigenvalue weighted by atomic mass is 10.2. The van der Waals surface area contributed by atoms with Gasteiger partial charge in [0.2, 0.25) is 0 Å². The number of hydrogen-bond donors (Lipinski definition) is 2. The number of halogens is 4. The van der Waals surface area contributed by atoms with Gasteiger partial charge in [-0.2, -0.15) is 13.2 Å². The average Bonchev–Trinajstić information content (AvgIpc) is 2.36. The number of amides is 2. The normalized spacial score (nSPS) is 13.2. The summed E-state index contributed by atoms with van der Waals surface area (Å²) in [6.45, 7) is 0.276. The maximum absolute atomic E-state index is 12.7. The number of quaternary nitrogens is 1. The van der Waals surface area contributed by atoms with Gasteiger partial charge in [-0.3, -0.25) is 0 Å². The third-order valence-electron chi connectivity index (χ3n) is 3.06. The molecule has 0 heterocycles. The van der Waals surface area contributed by atoms with E-state index in [0.717, 1.165) is 12.1 Å². The van der Waals surface area contributed by atoms with Gasteiger partial charge in [-0.05, 0) is 18.2 Å². The monoisotopic (exact) mass is 381 g/mol. The van der Waals surface area contributed by atoms with Crippen LogP contribution in [0.5, 0.6) is 0 Å². The number of carboxylic acid groups (broad SMARTS) is 1. The minimum Gasteiger partial charge on any atom is -0.550 e. The largest absolute Gasteiger partial charge is 0.550 e. The number of alkyl halides is 3. The van der Waals surface area contributed by atoms with Gasteiger partial charge in [0.05, 0.1) is 50.0 Å². The molecule has 0 aromatic heterocycles. The van der Waals surface area contributed by atoms with Crippen molar-refractivity contribution in [2.24, 2.45) is 0 Å². The number of benzene rings is 1. The number of urea groups is 1. The Morgan fingerprint density at radius 3 is 2.36 bits per heavy atom. The first kappa shape index (κ1) is 21.0. The van der Waals surface area contributed by atoms with E-state index in [2.05, 4.69) is 10.6 Å². The number of anilines is 1. The summed E-state index contributed by atoms with van der Waals surface area (Å²) in [5.41, 5.74) is -1.20. The molecule has 0 aliphatic heterocycles. The predicted molar refractivity (Wildman–Crippen MR) is 84.9 cm³/mol. The van der Waals surface area contributed by atoms with Gasteiger partial charge in [0, 0.05) is 12.4 Å². The van der Waals surface area contributed by atoms with E-state index in [4.69, 9.17) is 11.6 Å². The highest BCUT2D eigenvalue weighted by Crippen LogP contribution is 2.33. The Bertz CT molecular complexity index is 645. The molecule has 0 radical (unpaired) electrons. The topological polar surface area (TPSA) is 81.3 Å². The fourth-order valence-electron chi connectivity index (χ4n) is 2.16. The van der Waals surface area contributed by atoms with Crippen LogP contribution in [0, 0.1) is 0 Å². The summed E-state index contributed by atoms with van der Waals surface area (Å²) in [6, 6.07) is 0.886. The molecule has 10 heteroatoms. The number of carboxylic acids is 1. The molecule has 1 rings (SSSR count). The second-order valence-electron chi connectivity index (χ2n) is 6.54. The molecule has 0 bridgehead atoms.